The summed E-state index contributed by atoms with van der Waals surface area (Å²) in [6.45, 7) is -1.23. The summed E-state index contributed by atoms with van der Waals surface area (Å²) in [5.74, 6) is -1.04. The lowest BCUT2D eigenvalue weighted by Gasteiger charge is -2.09. The number of rotatable bonds is 5. The fourth-order valence-corrected chi connectivity index (χ4v) is 1.38. The van der Waals surface area contributed by atoms with Crippen LogP contribution in [-0.2, 0) is 6.42 Å². The molecule has 0 aromatic heterocycles. The van der Waals surface area contributed by atoms with Gasteiger partial charge in [-0.25, -0.2) is 9.59 Å². The molecular formula is C12H13F3N2O3. The molecule has 0 saturated carbocycles. The number of alkyl halides is 3. The molecule has 0 saturated heterocycles. The van der Waals surface area contributed by atoms with Crippen molar-refractivity contribution in [2.24, 2.45) is 0 Å². The van der Waals surface area contributed by atoms with Crippen molar-refractivity contribution < 1.29 is 27.9 Å². The van der Waals surface area contributed by atoms with E-state index in [1.807, 2.05) is 0 Å². The highest BCUT2D eigenvalue weighted by atomic mass is 19.4. The maximum atomic E-state index is 11.8. The van der Waals surface area contributed by atoms with E-state index in [9.17, 15) is 22.8 Å². The Kier molecular flexibility index (Phi) is 5.36. The fourth-order valence-electron chi connectivity index (χ4n) is 1.38. The van der Waals surface area contributed by atoms with Gasteiger partial charge in [0.1, 0.15) is 6.54 Å². The third kappa shape index (κ3) is 6.07. The van der Waals surface area contributed by atoms with E-state index < -0.39 is 24.7 Å². The van der Waals surface area contributed by atoms with Crippen molar-refractivity contribution in [3.8, 4) is 0 Å². The van der Waals surface area contributed by atoms with Crippen LogP contribution in [0.2, 0.25) is 0 Å². The topological polar surface area (TPSA) is 78.4 Å². The number of carboxylic acids is 1. The van der Waals surface area contributed by atoms with Crippen molar-refractivity contribution in [3.05, 3.63) is 35.4 Å². The average Bonchev–Trinajstić information content (AvgIpc) is 2.36. The molecule has 0 bridgehead atoms. The lowest BCUT2D eigenvalue weighted by atomic mass is 10.1. The van der Waals surface area contributed by atoms with E-state index in [1.165, 1.54) is 12.1 Å². The molecule has 0 heterocycles. The predicted octanol–water partition coefficient (Wildman–Crippen LogP) is 1.79. The third-order valence-corrected chi connectivity index (χ3v) is 2.35. The van der Waals surface area contributed by atoms with Crippen molar-refractivity contribution in [2.45, 2.75) is 12.6 Å². The normalized spacial score (nSPS) is 10.9. The summed E-state index contributed by atoms with van der Waals surface area (Å²) in [4.78, 5) is 21.6. The van der Waals surface area contributed by atoms with Gasteiger partial charge in [-0.15, -0.1) is 0 Å². The van der Waals surface area contributed by atoms with Crippen LogP contribution in [0.3, 0.4) is 0 Å². The second kappa shape index (κ2) is 6.78. The number of carbonyl (C=O) groups is 2. The molecule has 0 radical (unpaired) electrons. The Morgan fingerprint density at radius 3 is 2.20 bits per heavy atom. The summed E-state index contributed by atoms with van der Waals surface area (Å²) >= 11 is 0. The standard InChI is InChI=1S/C12H13F3N2O3/c13-12(14,15)7-17-11(20)16-6-5-8-1-3-9(4-2-8)10(18)19/h1-4H,5-7H2,(H,18,19)(H2,16,17,20). The Labute approximate surface area is 112 Å². The molecule has 8 heteroatoms. The highest BCUT2D eigenvalue weighted by molar-refractivity contribution is 5.87. The van der Waals surface area contributed by atoms with Crippen LogP contribution in [0.25, 0.3) is 0 Å². The minimum atomic E-state index is -4.44. The number of benzene rings is 1. The Balaban J connectivity index is 2.30. The molecular weight excluding hydrogens is 277 g/mol. The molecule has 0 aliphatic heterocycles. The first-order chi connectivity index (χ1) is 9.28. The molecule has 110 valence electrons. The molecule has 0 fully saturated rings. The SMILES string of the molecule is O=C(NCCc1ccc(C(=O)O)cc1)NCC(F)(F)F. The number of nitrogens with one attached hydrogen (secondary N) is 2. The van der Waals surface area contributed by atoms with Gasteiger partial charge in [-0.05, 0) is 24.1 Å². The van der Waals surface area contributed by atoms with Gasteiger partial charge in [0.05, 0.1) is 5.56 Å². The number of halogens is 3. The van der Waals surface area contributed by atoms with E-state index in [4.69, 9.17) is 5.11 Å². The van der Waals surface area contributed by atoms with Gasteiger partial charge in [0.15, 0.2) is 0 Å². The number of aromatic carboxylic acids is 1. The molecule has 0 unspecified atom stereocenters. The number of carbonyl (C=O) groups excluding carboxylic acids is 1. The predicted molar refractivity (Wildman–Crippen MR) is 64.6 cm³/mol. The van der Waals surface area contributed by atoms with Crippen LogP contribution < -0.4 is 10.6 Å². The first-order valence-electron chi connectivity index (χ1n) is 5.68. The quantitative estimate of drug-likeness (QED) is 0.773. The number of hydrogen-bond donors (Lipinski definition) is 3. The van der Waals surface area contributed by atoms with Gasteiger partial charge in [0, 0.05) is 6.54 Å². The van der Waals surface area contributed by atoms with Gasteiger partial charge in [-0.2, -0.15) is 13.2 Å². The highest BCUT2D eigenvalue weighted by Gasteiger charge is 2.27. The zero-order valence-corrected chi connectivity index (χ0v) is 10.3. The molecule has 0 spiro atoms. The Morgan fingerprint density at radius 1 is 1.10 bits per heavy atom. The van der Waals surface area contributed by atoms with Crippen LogP contribution in [0, 0.1) is 0 Å². The molecule has 0 aliphatic rings. The van der Waals surface area contributed by atoms with E-state index >= 15 is 0 Å². The molecule has 3 N–H and O–H groups in total. The van der Waals surface area contributed by atoms with Gasteiger partial charge < -0.3 is 15.7 Å². The Morgan fingerprint density at radius 2 is 1.70 bits per heavy atom. The molecule has 1 aromatic carbocycles. The van der Waals surface area contributed by atoms with E-state index in [2.05, 4.69) is 5.32 Å². The highest BCUT2D eigenvalue weighted by Crippen LogP contribution is 2.11. The summed E-state index contributed by atoms with van der Waals surface area (Å²) in [6.07, 6.45) is -4.05. The molecule has 1 rings (SSSR count). The van der Waals surface area contributed by atoms with Gasteiger partial charge in [-0.3, -0.25) is 0 Å². The molecule has 5 nitrogen and oxygen atoms in total. The first-order valence-corrected chi connectivity index (χ1v) is 5.68. The van der Waals surface area contributed by atoms with Crippen LogP contribution >= 0.6 is 0 Å². The maximum Gasteiger partial charge on any atom is 0.405 e. The van der Waals surface area contributed by atoms with E-state index in [1.54, 1.807) is 17.4 Å². The van der Waals surface area contributed by atoms with Gasteiger partial charge in [0.25, 0.3) is 0 Å². The number of hydrogen-bond acceptors (Lipinski definition) is 2. The summed E-state index contributed by atoms with van der Waals surface area (Å²) in [7, 11) is 0. The first kappa shape index (κ1) is 15.8. The molecule has 0 aliphatic carbocycles. The second-order valence-corrected chi connectivity index (χ2v) is 3.98. The van der Waals surface area contributed by atoms with Crippen molar-refractivity contribution in [3.63, 3.8) is 0 Å². The lowest BCUT2D eigenvalue weighted by molar-refractivity contribution is -0.122. The van der Waals surface area contributed by atoms with E-state index in [-0.39, 0.29) is 12.1 Å². The summed E-state index contributed by atoms with van der Waals surface area (Å²) < 4.78 is 35.4. The zero-order valence-electron chi connectivity index (χ0n) is 10.3. The van der Waals surface area contributed by atoms with Gasteiger partial charge in [-0.1, -0.05) is 12.1 Å². The minimum absolute atomic E-state index is 0.143. The largest absolute Gasteiger partial charge is 0.478 e. The van der Waals surface area contributed by atoms with E-state index in [0.29, 0.717) is 6.42 Å². The number of urea groups is 1. The van der Waals surface area contributed by atoms with Crippen molar-refractivity contribution >= 4 is 12.0 Å². The monoisotopic (exact) mass is 290 g/mol. The zero-order chi connectivity index (χ0) is 15.2. The summed E-state index contributed by atoms with van der Waals surface area (Å²) in [5, 5.41) is 12.6. The number of carboxylic acid groups (broad SMARTS) is 1. The molecule has 2 amide bonds. The molecule has 20 heavy (non-hydrogen) atoms. The van der Waals surface area contributed by atoms with Gasteiger partial charge >= 0.3 is 18.2 Å². The van der Waals surface area contributed by atoms with Crippen LogP contribution in [0.1, 0.15) is 15.9 Å². The van der Waals surface area contributed by atoms with Gasteiger partial charge in [0.2, 0.25) is 0 Å². The average molecular weight is 290 g/mol. The van der Waals surface area contributed by atoms with Crippen LogP contribution in [0.4, 0.5) is 18.0 Å². The minimum Gasteiger partial charge on any atom is -0.478 e. The third-order valence-electron chi connectivity index (χ3n) is 2.35. The van der Waals surface area contributed by atoms with Crippen molar-refractivity contribution in [1.82, 2.24) is 10.6 Å². The van der Waals surface area contributed by atoms with Crippen molar-refractivity contribution in [2.75, 3.05) is 13.1 Å². The van der Waals surface area contributed by atoms with Crippen LogP contribution in [0.5, 0.6) is 0 Å². The van der Waals surface area contributed by atoms with Crippen LogP contribution in [0.15, 0.2) is 24.3 Å². The lowest BCUT2D eigenvalue weighted by Crippen LogP contribution is -2.41. The Bertz CT molecular complexity index is 472. The van der Waals surface area contributed by atoms with E-state index in [0.717, 1.165) is 5.56 Å². The second-order valence-electron chi connectivity index (χ2n) is 3.98. The molecule has 0 atom stereocenters. The summed E-state index contributed by atoms with van der Waals surface area (Å²) in [6, 6.07) is 5.10. The molecule has 1 aromatic rings. The smallest absolute Gasteiger partial charge is 0.405 e. The van der Waals surface area contributed by atoms with Crippen LogP contribution in [-0.4, -0.2) is 36.4 Å². The Hall–Kier alpha value is -2.25. The summed E-state index contributed by atoms with van der Waals surface area (Å²) in [5.41, 5.74) is 0.913. The number of amides is 2. The van der Waals surface area contributed by atoms with Crippen molar-refractivity contribution in [1.29, 1.82) is 0 Å². The fraction of sp³-hybridized carbons (Fsp3) is 0.333. The maximum absolute atomic E-state index is 11.8.